The van der Waals surface area contributed by atoms with Crippen LogP contribution in [0.4, 0.5) is 0 Å². The first-order valence-electron chi connectivity index (χ1n) is 8.56. The Labute approximate surface area is 144 Å². The minimum Gasteiger partial charge on any atom is -0.454 e. The first-order chi connectivity index (χ1) is 11.2. The van der Waals surface area contributed by atoms with E-state index in [1.165, 1.54) is 0 Å². The van der Waals surface area contributed by atoms with Gasteiger partial charge in [-0.15, -0.1) is 0 Å². The smallest absolute Gasteiger partial charge is 0.333 e. The van der Waals surface area contributed by atoms with Crippen LogP contribution in [0.2, 0.25) is 0 Å². The predicted octanol–water partition coefficient (Wildman–Crippen LogP) is 3.91. The summed E-state index contributed by atoms with van der Waals surface area (Å²) < 4.78 is 11.4. The monoisotopic (exact) mass is 332 g/mol. The van der Waals surface area contributed by atoms with Gasteiger partial charge < -0.3 is 9.47 Å². The molecular formula is C20H28O4. The summed E-state index contributed by atoms with van der Waals surface area (Å²) in [6.45, 7) is 13.3. The molecule has 4 nitrogen and oxygen atoms in total. The Kier molecular flexibility index (Phi) is 5.49. The van der Waals surface area contributed by atoms with E-state index in [9.17, 15) is 9.59 Å². The Hall–Kier alpha value is -1.68. The van der Waals surface area contributed by atoms with E-state index < -0.39 is 5.60 Å². The maximum Gasteiger partial charge on any atom is 0.333 e. The molecule has 0 spiro atoms. The molecule has 0 N–H and O–H groups in total. The lowest BCUT2D eigenvalue weighted by Gasteiger charge is -2.22. The van der Waals surface area contributed by atoms with Gasteiger partial charge in [-0.1, -0.05) is 24.3 Å². The Morgan fingerprint density at radius 1 is 1.46 bits per heavy atom. The second-order valence-electron chi connectivity index (χ2n) is 7.17. The number of fused-ring (bicyclic) bond motifs is 1. The van der Waals surface area contributed by atoms with Gasteiger partial charge in [-0.05, 0) is 52.5 Å². The highest BCUT2D eigenvalue weighted by Crippen LogP contribution is 2.44. The van der Waals surface area contributed by atoms with Crippen LogP contribution in [0.1, 0.15) is 53.9 Å². The summed E-state index contributed by atoms with van der Waals surface area (Å²) in [6.07, 6.45) is 4.95. The molecule has 1 aliphatic carbocycles. The number of carbonyl (C=O) groups excluding carboxylic acids is 2. The number of hydrogen-bond donors (Lipinski definition) is 0. The predicted molar refractivity (Wildman–Crippen MR) is 93.5 cm³/mol. The van der Waals surface area contributed by atoms with Crippen LogP contribution < -0.4 is 0 Å². The fraction of sp³-hybridized carbons (Fsp3) is 0.600. The zero-order valence-corrected chi connectivity index (χ0v) is 15.3. The molecule has 0 aromatic rings. The van der Waals surface area contributed by atoms with E-state index in [1.807, 2.05) is 27.7 Å². The molecule has 2 rings (SSSR count). The first-order valence-corrected chi connectivity index (χ1v) is 8.56. The van der Waals surface area contributed by atoms with Crippen molar-refractivity contribution in [3.8, 4) is 0 Å². The van der Waals surface area contributed by atoms with Crippen LogP contribution in [-0.4, -0.2) is 29.6 Å². The fourth-order valence-corrected chi connectivity index (χ4v) is 2.99. The van der Waals surface area contributed by atoms with E-state index in [4.69, 9.17) is 9.47 Å². The number of Topliss-reactive ketones (excluding diaryl/α,β-unsaturated/α-hetero) is 1. The molecule has 0 bridgehead atoms. The number of ether oxygens (including phenoxy) is 2. The van der Waals surface area contributed by atoms with E-state index >= 15 is 0 Å². The van der Waals surface area contributed by atoms with Gasteiger partial charge in [-0.3, -0.25) is 4.79 Å². The summed E-state index contributed by atoms with van der Waals surface area (Å²) in [5.41, 5.74) is 1.83. The van der Waals surface area contributed by atoms with Crippen LogP contribution in [0.5, 0.6) is 0 Å². The van der Waals surface area contributed by atoms with Crippen molar-refractivity contribution in [1.82, 2.24) is 0 Å². The van der Waals surface area contributed by atoms with E-state index in [2.05, 4.69) is 12.7 Å². The van der Waals surface area contributed by atoms with Crippen LogP contribution >= 0.6 is 0 Å². The second kappa shape index (κ2) is 7.06. The van der Waals surface area contributed by atoms with Crippen molar-refractivity contribution in [3.05, 3.63) is 35.5 Å². The van der Waals surface area contributed by atoms with Crippen LogP contribution in [0.25, 0.3) is 0 Å². The largest absolute Gasteiger partial charge is 0.454 e. The minimum atomic E-state index is -0.744. The molecule has 4 heteroatoms. The third-order valence-corrected chi connectivity index (χ3v) is 5.29. The zero-order valence-electron chi connectivity index (χ0n) is 15.3. The van der Waals surface area contributed by atoms with Crippen LogP contribution in [0.3, 0.4) is 0 Å². The maximum atomic E-state index is 12.6. The number of rotatable bonds is 3. The van der Waals surface area contributed by atoms with Gasteiger partial charge in [0.1, 0.15) is 11.7 Å². The normalized spacial score (nSPS) is 36.2. The van der Waals surface area contributed by atoms with Crippen molar-refractivity contribution in [1.29, 1.82) is 0 Å². The highest BCUT2D eigenvalue weighted by Gasteiger charge is 2.58. The summed E-state index contributed by atoms with van der Waals surface area (Å²) in [5, 5.41) is 0. The van der Waals surface area contributed by atoms with Crippen molar-refractivity contribution in [3.63, 3.8) is 0 Å². The van der Waals surface area contributed by atoms with Crippen molar-refractivity contribution < 1.29 is 19.1 Å². The quantitative estimate of drug-likeness (QED) is 0.340. The zero-order chi connectivity index (χ0) is 18.1. The molecule has 24 heavy (non-hydrogen) atoms. The van der Waals surface area contributed by atoms with Gasteiger partial charge in [0.05, 0.1) is 6.10 Å². The average Bonchev–Trinajstić information content (AvgIpc) is 3.19. The number of allylic oxidation sites excluding steroid dienone is 3. The average molecular weight is 332 g/mol. The Bertz CT molecular complexity index is 613. The Balaban J connectivity index is 2.25. The molecule has 1 fully saturated rings. The molecular weight excluding hydrogens is 304 g/mol. The van der Waals surface area contributed by atoms with Crippen LogP contribution in [-0.2, 0) is 19.1 Å². The summed E-state index contributed by atoms with van der Waals surface area (Å²) >= 11 is 0. The van der Waals surface area contributed by atoms with Gasteiger partial charge in [-0.25, -0.2) is 4.79 Å². The van der Waals surface area contributed by atoms with E-state index in [0.717, 1.165) is 17.6 Å². The SMILES string of the molecule is C=C(C)[C@H]1C/C=C(\C)[C@@H](OC(=O)/C(C)=C\C)C[C@H]2O[C@@]2(C)C(=O)C1. The summed E-state index contributed by atoms with van der Waals surface area (Å²) in [7, 11) is 0. The van der Waals surface area contributed by atoms with Crippen LogP contribution in [0, 0.1) is 5.92 Å². The van der Waals surface area contributed by atoms with Gasteiger partial charge in [-0.2, -0.15) is 0 Å². The molecule has 0 saturated carbocycles. The molecule has 1 aliphatic heterocycles. The summed E-state index contributed by atoms with van der Waals surface area (Å²) in [5.74, 6) is -0.110. The number of epoxide rings is 1. The third-order valence-electron chi connectivity index (χ3n) is 5.29. The van der Waals surface area contributed by atoms with E-state index in [-0.39, 0.29) is 29.9 Å². The molecule has 0 aromatic carbocycles. The first kappa shape index (κ1) is 18.7. The summed E-state index contributed by atoms with van der Waals surface area (Å²) in [6, 6.07) is 0. The Morgan fingerprint density at radius 3 is 2.71 bits per heavy atom. The minimum absolute atomic E-state index is 0.0980. The lowest BCUT2D eigenvalue weighted by Crippen LogP contribution is -2.30. The molecule has 2 aliphatic rings. The molecule has 0 unspecified atom stereocenters. The van der Waals surface area contributed by atoms with Gasteiger partial charge in [0, 0.05) is 18.4 Å². The lowest BCUT2D eigenvalue weighted by atomic mass is 9.84. The highest BCUT2D eigenvalue weighted by atomic mass is 16.6. The van der Waals surface area contributed by atoms with Gasteiger partial charge in [0.2, 0.25) is 0 Å². The topological polar surface area (TPSA) is 55.9 Å². The van der Waals surface area contributed by atoms with Crippen molar-refractivity contribution >= 4 is 11.8 Å². The number of hydrogen-bond acceptors (Lipinski definition) is 4. The van der Waals surface area contributed by atoms with Gasteiger partial charge in [0.25, 0.3) is 0 Å². The van der Waals surface area contributed by atoms with E-state index in [1.54, 1.807) is 13.0 Å². The molecule has 4 atom stereocenters. The molecule has 0 aromatic heterocycles. The van der Waals surface area contributed by atoms with Gasteiger partial charge in [0.15, 0.2) is 5.78 Å². The molecule has 0 radical (unpaired) electrons. The molecule has 0 amide bonds. The molecule has 132 valence electrons. The lowest BCUT2D eigenvalue weighted by molar-refractivity contribution is -0.143. The number of esters is 1. The maximum absolute atomic E-state index is 12.6. The third kappa shape index (κ3) is 3.86. The van der Waals surface area contributed by atoms with Crippen molar-refractivity contribution in [2.24, 2.45) is 5.92 Å². The molecule has 1 saturated heterocycles. The summed E-state index contributed by atoms with van der Waals surface area (Å²) in [4.78, 5) is 24.7. The Morgan fingerprint density at radius 2 is 2.12 bits per heavy atom. The highest BCUT2D eigenvalue weighted by molar-refractivity contribution is 5.90. The second-order valence-corrected chi connectivity index (χ2v) is 7.17. The van der Waals surface area contributed by atoms with Crippen molar-refractivity contribution in [2.75, 3.05) is 0 Å². The van der Waals surface area contributed by atoms with Gasteiger partial charge >= 0.3 is 5.97 Å². The van der Waals surface area contributed by atoms with Crippen LogP contribution in [0.15, 0.2) is 35.5 Å². The van der Waals surface area contributed by atoms with E-state index in [0.29, 0.717) is 18.4 Å². The number of carbonyl (C=O) groups is 2. The number of ketones is 1. The van der Waals surface area contributed by atoms with Crippen molar-refractivity contribution in [2.45, 2.75) is 71.7 Å². The molecule has 1 heterocycles. The standard InChI is InChI=1S/C20H28O4/c1-7-13(4)19(22)23-16-11-18-20(6,24-18)17(21)10-15(12(2)3)9-8-14(16)5/h7-8,15-16,18H,2,9-11H2,1,3-6H3/b13-7-,14-8+/t15-,16-,18+,20-/m0/s1. The fourth-order valence-electron chi connectivity index (χ4n) is 2.99.